The molecule has 3 nitrogen and oxygen atoms in total. The Morgan fingerprint density at radius 1 is 1.05 bits per heavy atom. The third-order valence-electron chi connectivity index (χ3n) is 3.48. The smallest absolute Gasteiger partial charge is 0.120 e. The van der Waals surface area contributed by atoms with Crippen molar-refractivity contribution in [2.45, 2.75) is 32.1 Å². The van der Waals surface area contributed by atoms with Crippen molar-refractivity contribution >= 4 is 0 Å². The number of hydrogen-bond acceptors (Lipinski definition) is 3. The molecule has 0 heterocycles. The zero-order valence-corrected chi connectivity index (χ0v) is 12.7. The fraction of sp³-hybridized carbons (Fsp3) is 0.333. The van der Waals surface area contributed by atoms with Gasteiger partial charge < -0.3 is 15.2 Å². The van der Waals surface area contributed by atoms with Crippen molar-refractivity contribution in [1.29, 1.82) is 0 Å². The lowest BCUT2D eigenvalue weighted by Crippen LogP contribution is -2.30. The van der Waals surface area contributed by atoms with Crippen molar-refractivity contribution in [3.05, 3.63) is 65.7 Å². The highest BCUT2D eigenvalue weighted by Crippen LogP contribution is 2.23. The van der Waals surface area contributed by atoms with Crippen molar-refractivity contribution < 1.29 is 9.47 Å². The van der Waals surface area contributed by atoms with E-state index < -0.39 is 0 Å². The summed E-state index contributed by atoms with van der Waals surface area (Å²) >= 11 is 0. The molecule has 0 aliphatic carbocycles. The molecule has 2 N–H and O–H groups in total. The van der Waals surface area contributed by atoms with E-state index in [2.05, 4.69) is 6.92 Å². The maximum Gasteiger partial charge on any atom is 0.120 e. The van der Waals surface area contributed by atoms with Crippen molar-refractivity contribution in [3.8, 4) is 5.75 Å². The standard InChI is InChI=1S/C18H23NO2/c1-3-17(18(19)15-9-5-4-6-10-15)21-16-11-7-8-14(12-16)13-20-2/h4-12,17-18H,3,13,19H2,1-2H3. The van der Waals surface area contributed by atoms with Gasteiger partial charge in [-0.25, -0.2) is 0 Å². The fourth-order valence-corrected chi connectivity index (χ4v) is 2.35. The molecule has 0 aromatic heterocycles. The van der Waals surface area contributed by atoms with E-state index in [0.29, 0.717) is 6.61 Å². The molecule has 0 amide bonds. The maximum atomic E-state index is 6.34. The van der Waals surface area contributed by atoms with Crippen LogP contribution in [0.4, 0.5) is 0 Å². The van der Waals surface area contributed by atoms with Gasteiger partial charge in [-0.3, -0.25) is 0 Å². The van der Waals surface area contributed by atoms with Crippen LogP contribution in [-0.2, 0) is 11.3 Å². The molecule has 0 saturated carbocycles. The van der Waals surface area contributed by atoms with E-state index in [1.165, 1.54) is 0 Å². The van der Waals surface area contributed by atoms with Gasteiger partial charge in [-0.2, -0.15) is 0 Å². The van der Waals surface area contributed by atoms with Gasteiger partial charge in [-0.1, -0.05) is 49.4 Å². The Morgan fingerprint density at radius 3 is 2.48 bits per heavy atom. The zero-order chi connectivity index (χ0) is 15.1. The van der Waals surface area contributed by atoms with Crippen molar-refractivity contribution in [1.82, 2.24) is 0 Å². The number of nitrogens with two attached hydrogens (primary N) is 1. The van der Waals surface area contributed by atoms with Crippen LogP contribution in [0.3, 0.4) is 0 Å². The van der Waals surface area contributed by atoms with E-state index in [0.717, 1.165) is 23.3 Å². The average Bonchev–Trinajstić information content (AvgIpc) is 2.53. The highest BCUT2D eigenvalue weighted by molar-refractivity contribution is 5.29. The van der Waals surface area contributed by atoms with Gasteiger partial charge in [0, 0.05) is 7.11 Å². The molecule has 112 valence electrons. The molecule has 0 aliphatic heterocycles. The lowest BCUT2D eigenvalue weighted by atomic mass is 10.0. The van der Waals surface area contributed by atoms with E-state index in [1.54, 1.807) is 7.11 Å². The van der Waals surface area contributed by atoms with Gasteiger partial charge >= 0.3 is 0 Å². The predicted molar refractivity (Wildman–Crippen MR) is 85.2 cm³/mol. The molecule has 0 radical (unpaired) electrons. The molecule has 0 bridgehead atoms. The number of benzene rings is 2. The second-order valence-corrected chi connectivity index (χ2v) is 5.08. The monoisotopic (exact) mass is 285 g/mol. The summed E-state index contributed by atoms with van der Waals surface area (Å²) in [5.41, 5.74) is 8.53. The SMILES string of the molecule is CCC(Oc1cccc(COC)c1)C(N)c1ccccc1. The van der Waals surface area contributed by atoms with E-state index in [1.807, 2.05) is 54.6 Å². The summed E-state index contributed by atoms with van der Waals surface area (Å²) in [7, 11) is 1.69. The summed E-state index contributed by atoms with van der Waals surface area (Å²) < 4.78 is 11.2. The van der Waals surface area contributed by atoms with E-state index in [4.69, 9.17) is 15.2 Å². The summed E-state index contributed by atoms with van der Waals surface area (Å²) in [5, 5.41) is 0. The van der Waals surface area contributed by atoms with Crippen LogP contribution in [0.2, 0.25) is 0 Å². The second-order valence-electron chi connectivity index (χ2n) is 5.08. The van der Waals surface area contributed by atoms with E-state index >= 15 is 0 Å². The van der Waals surface area contributed by atoms with Crippen molar-refractivity contribution in [2.75, 3.05) is 7.11 Å². The molecule has 2 unspecified atom stereocenters. The summed E-state index contributed by atoms with van der Waals surface area (Å²) in [6.45, 7) is 2.67. The minimum absolute atomic E-state index is 0.0507. The minimum Gasteiger partial charge on any atom is -0.488 e. The topological polar surface area (TPSA) is 44.5 Å². The first kappa shape index (κ1) is 15.5. The van der Waals surface area contributed by atoms with Gasteiger partial charge in [0.25, 0.3) is 0 Å². The quantitative estimate of drug-likeness (QED) is 0.843. The van der Waals surface area contributed by atoms with Crippen LogP contribution in [0.5, 0.6) is 5.75 Å². The number of hydrogen-bond donors (Lipinski definition) is 1. The second kappa shape index (κ2) is 7.81. The van der Waals surface area contributed by atoms with Gasteiger partial charge in [0.2, 0.25) is 0 Å². The fourth-order valence-electron chi connectivity index (χ4n) is 2.35. The lowest BCUT2D eigenvalue weighted by molar-refractivity contribution is 0.164. The molecule has 2 atom stereocenters. The van der Waals surface area contributed by atoms with Crippen LogP contribution in [0.1, 0.15) is 30.5 Å². The van der Waals surface area contributed by atoms with Gasteiger partial charge in [0.05, 0.1) is 12.6 Å². The van der Waals surface area contributed by atoms with Crippen molar-refractivity contribution in [3.63, 3.8) is 0 Å². The predicted octanol–water partition coefficient (Wildman–Crippen LogP) is 3.69. The third kappa shape index (κ3) is 4.31. The molecule has 0 spiro atoms. The molecule has 0 fully saturated rings. The molecular weight excluding hydrogens is 262 g/mol. The van der Waals surface area contributed by atoms with Crippen LogP contribution in [-0.4, -0.2) is 13.2 Å². The van der Waals surface area contributed by atoms with Crippen LogP contribution >= 0.6 is 0 Å². The minimum atomic E-state index is -0.137. The molecule has 2 aromatic rings. The first-order chi connectivity index (χ1) is 10.2. The molecule has 2 rings (SSSR count). The highest BCUT2D eigenvalue weighted by Gasteiger charge is 2.19. The Labute approximate surface area is 126 Å². The first-order valence-corrected chi connectivity index (χ1v) is 7.29. The van der Waals surface area contributed by atoms with Crippen LogP contribution in [0, 0.1) is 0 Å². The highest BCUT2D eigenvalue weighted by atomic mass is 16.5. The summed E-state index contributed by atoms with van der Waals surface area (Å²) in [4.78, 5) is 0. The first-order valence-electron chi connectivity index (χ1n) is 7.29. The summed E-state index contributed by atoms with van der Waals surface area (Å²) in [5.74, 6) is 0.836. The average molecular weight is 285 g/mol. The van der Waals surface area contributed by atoms with Gasteiger partial charge in [-0.15, -0.1) is 0 Å². The van der Waals surface area contributed by atoms with E-state index in [9.17, 15) is 0 Å². The number of ether oxygens (including phenoxy) is 2. The molecule has 21 heavy (non-hydrogen) atoms. The lowest BCUT2D eigenvalue weighted by Gasteiger charge is -2.24. The molecular formula is C18H23NO2. The Bertz CT molecular complexity index is 542. The number of methoxy groups -OCH3 is 1. The van der Waals surface area contributed by atoms with Gasteiger partial charge in [0.15, 0.2) is 0 Å². The van der Waals surface area contributed by atoms with E-state index in [-0.39, 0.29) is 12.1 Å². The molecule has 3 heteroatoms. The summed E-state index contributed by atoms with van der Waals surface area (Å²) in [6, 6.07) is 17.9. The Kier molecular flexibility index (Phi) is 5.78. The molecule has 0 aliphatic rings. The third-order valence-corrected chi connectivity index (χ3v) is 3.48. The maximum absolute atomic E-state index is 6.34. The van der Waals surface area contributed by atoms with Crippen LogP contribution in [0.15, 0.2) is 54.6 Å². The Morgan fingerprint density at radius 2 is 1.81 bits per heavy atom. The van der Waals surface area contributed by atoms with Gasteiger partial charge in [0.1, 0.15) is 11.9 Å². The molecule has 0 saturated heterocycles. The molecule has 2 aromatic carbocycles. The van der Waals surface area contributed by atoms with Crippen LogP contribution < -0.4 is 10.5 Å². The zero-order valence-electron chi connectivity index (χ0n) is 12.7. The normalized spacial score (nSPS) is 13.7. The Hall–Kier alpha value is -1.84. The largest absolute Gasteiger partial charge is 0.488 e. The Balaban J connectivity index is 2.10. The van der Waals surface area contributed by atoms with Gasteiger partial charge in [-0.05, 0) is 29.7 Å². The van der Waals surface area contributed by atoms with Crippen molar-refractivity contribution in [2.24, 2.45) is 5.73 Å². The van der Waals surface area contributed by atoms with Crippen LogP contribution in [0.25, 0.3) is 0 Å². The number of rotatable bonds is 7. The summed E-state index contributed by atoms with van der Waals surface area (Å²) in [6.07, 6.45) is 0.801.